The number of aromatic nitrogens is 13. The first-order chi connectivity index (χ1) is 46.7. The van der Waals surface area contributed by atoms with E-state index in [1.165, 1.54) is 61.1 Å². The Bertz CT molecular complexity index is 5040. The van der Waals surface area contributed by atoms with Crippen molar-refractivity contribution in [2.45, 2.75) is 57.5 Å². The molecule has 480 valence electrons. The van der Waals surface area contributed by atoms with Gasteiger partial charge < -0.3 is 29.8 Å². The number of nitrogens with zero attached hydrogens (tertiary/aromatic N) is 12. The minimum absolute atomic E-state index is 0.0144. The van der Waals surface area contributed by atoms with E-state index in [1.807, 2.05) is 84.9 Å². The van der Waals surface area contributed by atoms with E-state index in [-0.39, 0.29) is 34.3 Å². The molecule has 7 aromatic heterocycles. The molecule has 96 heavy (non-hydrogen) atoms. The molecular formula is C66H54N18O8S4. The van der Waals surface area contributed by atoms with Gasteiger partial charge in [-0.05, 0) is 127 Å². The summed E-state index contributed by atoms with van der Waals surface area (Å²) in [6.07, 6.45) is 13.5. The molecule has 26 nitrogen and oxygen atoms in total. The first-order valence-corrected chi connectivity index (χ1v) is 33.6. The molecule has 0 unspecified atom stereocenters. The fourth-order valence-corrected chi connectivity index (χ4v) is 13.3. The molecule has 0 saturated carbocycles. The van der Waals surface area contributed by atoms with Crippen LogP contribution < -0.4 is 25.6 Å². The van der Waals surface area contributed by atoms with Gasteiger partial charge in [-0.1, -0.05) is 53.7 Å². The average molecular weight is 1360 g/mol. The Labute approximate surface area is 559 Å². The normalized spacial score (nSPS) is 11.6. The molecular weight excluding hydrogens is 1300 g/mol. The van der Waals surface area contributed by atoms with Crippen molar-refractivity contribution < 1.29 is 36.5 Å². The molecule has 0 atom stereocenters. The number of benzene rings is 6. The SMILES string of the molecule is CC(=O)N1CCc2ccc(NC(=O)c3cccc(CSc4cnccn4)c3)cc21.Cc1cc(NS(=O)(=O)c2ccc(NC(=O)c3cccc(CSc4ncnc5[nH]ncc45)c3)cc2)no1.O=C(Nc1cccc(-c2nnco2)c1)c1cccc(CSc2ncnc3[nH]ncc23)c1. The van der Waals surface area contributed by atoms with Crippen molar-refractivity contribution in [1.82, 2.24) is 65.7 Å². The molecule has 0 fully saturated rings. The first-order valence-electron chi connectivity index (χ1n) is 29.2. The van der Waals surface area contributed by atoms with Gasteiger partial charge in [0.2, 0.25) is 18.2 Å². The number of carbonyl (C=O) groups excluding carboxylic acids is 4. The molecule has 6 aromatic carbocycles. The molecule has 0 bridgehead atoms. The van der Waals surface area contributed by atoms with E-state index in [9.17, 15) is 27.6 Å². The number of rotatable bonds is 19. The lowest BCUT2D eigenvalue weighted by Crippen LogP contribution is -2.25. The van der Waals surface area contributed by atoms with E-state index in [4.69, 9.17) is 8.94 Å². The fourth-order valence-electron chi connectivity index (χ4n) is 9.69. The van der Waals surface area contributed by atoms with Crippen molar-refractivity contribution in [3.05, 3.63) is 240 Å². The Hall–Kier alpha value is -11.5. The van der Waals surface area contributed by atoms with E-state index >= 15 is 0 Å². The van der Waals surface area contributed by atoms with Crippen LogP contribution in [0.2, 0.25) is 0 Å². The number of sulfonamides is 1. The molecule has 8 heterocycles. The summed E-state index contributed by atoms with van der Waals surface area (Å²) in [5, 5.41) is 37.7. The number of amides is 4. The van der Waals surface area contributed by atoms with Gasteiger partial charge in [0.15, 0.2) is 17.1 Å². The number of hydrogen-bond donors (Lipinski definition) is 6. The average Bonchev–Trinajstić information content (AvgIpc) is 1.65. The standard InChI is InChI=1S/C23H19N7O4S2.C22H20N4O2S.C21H15N7O2S/c1-14-9-20(29-34-14)30-36(32,33)18-7-5-17(6-8-18)27-22(31)16-4-2-3-15(10-16)12-35-23-19-11-26-28-21(19)24-13-25-23;1-15(27)26-10-7-17-5-6-19(12-20(17)26)25-22(28)18-4-2-3-16(11-18)14-29-21-13-23-8-9-24-21;29-19(26-16-6-2-5-15(8-16)20-28-25-12-30-20)14-4-1-3-13(7-14)10-31-21-17-9-24-27-18(17)22-11-23-21/h2-11,13H,12H2,1H3,(H,27,31)(H,29,30)(H,24,25,26,28);2-6,8-9,11-13H,7,10,14H2,1H3,(H,25,28);1-9,11-12H,10H2,(H,26,29)(H,22,23,24,27). The maximum atomic E-state index is 12.8. The zero-order valence-corrected chi connectivity index (χ0v) is 54.0. The van der Waals surface area contributed by atoms with Gasteiger partial charge in [-0.15, -0.1) is 45.5 Å². The number of thioether (sulfide) groups is 3. The van der Waals surface area contributed by atoms with Crippen LogP contribution in [0.15, 0.2) is 225 Å². The van der Waals surface area contributed by atoms with Crippen LogP contribution in [0.25, 0.3) is 33.5 Å². The van der Waals surface area contributed by atoms with Gasteiger partial charge in [0.1, 0.15) is 33.5 Å². The minimum Gasteiger partial charge on any atom is -0.423 e. The smallest absolute Gasteiger partial charge is 0.263 e. The summed E-state index contributed by atoms with van der Waals surface area (Å²) in [6, 6.07) is 42.6. The van der Waals surface area contributed by atoms with Gasteiger partial charge in [-0.25, -0.2) is 33.3 Å². The van der Waals surface area contributed by atoms with Crippen molar-refractivity contribution in [3.63, 3.8) is 0 Å². The minimum atomic E-state index is -3.84. The zero-order valence-electron chi connectivity index (χ0n) is 50.8. The molecule has 0 spiro atoms. The molecule has 6 N–H and O–H groups in total. The van der Waals surface area contributed by atoms with Gasteiger partial charge in [0.25, 0.3) is 27.7 Å². The highest BCUT2D eigenvalue weighted by atomic mass is 32.2. The highest BCUT2D eigenvalue weighted by Gasteiger charge is 2.23. The van der Waals surface area contributed by atoms with Crippen LogP contribution in [0.1, 0.15) is 66.0 Å². The lowest BCUT2D eigenvalue weighted by atomic mass is 10.1. The summed E-state index contributed by atoms with van der Waals surface area (Å²) in [4.78, 5) is 77.1. The van der Waals surface area contributed by atoms with Crippen molar-refractivity contribution in [2.24, 2.45) is 0 Å². The third kappa shape index (κ3) is 16.5. The quantitative estimate of drug-likeness (QED) is 0.0323. The molecule has 1 aliphatic heterocycles. The third-order valence-corrected chi connectivity index (χ3v) is 18.8. The van der Waals surface area contributed by atoms with Crippen LogP contribution >= 0.6 is 35.3 Å². The maximum absolute atomic E-state index is 12.8. The summed E-state index contributed by atoms with van der Waals surface area (Å²) in [5.74, 6) is 2.26. The number of hydrogen-bond acceptors (Lipinski definition) is 22. The largest absolute Gasteiger partial charge is 0.423 e. The van der Waals surface area contributed by atoms with Gasteiger partial charge in [0, 0.05) is 94.2 Å². The van der Waals surface area contributed by atoms with Crippen LogP contribution in [0.5, 0.6) is 0 Å². The van der Waals surface area contributed by atoms with Crippen LogP contribution in [0.4, 0.5) is 28.6 Å². The molecule has 14 rings (SSSR count). The number of fused-ring (bicyclic) bond motifs is 3. The number of carbonyl (C=O) groups is 4. The number of aromatic amines is 2. The summed E-state index contributed by atoms with van der Waals surface area (Å²) < 4.78 is 37.5. The van der Waals surface area contributed by atoms with E-state index < -0.39 is 10.0 Å². The van der Waals surface area contributed by atoms with E-state index in [0.717, 1.165) is 65.8 Å². The molecule has 13 aromatic rings. The molecule has 0 aliphatic carbocycles. The Balaban J connectivity index is 0.000000139. The third-order valence-electron chi connectivity index (χ3n) is 14.3. The predicted octanol–water partition coefficient (Wildman–Crippen LogP) is 11.9. The Kier molecular flexibility index (Phi) is 20.2. The lowest BCUT2D eigenvalue weighted by molar-refractivity contribution is -0.116. The highest BCUT2D eigenvalue weighted by Crippen LogP contribution is 2.33. The van der Waals surface area contributed by atoms with Crippen LogP contribution in [0.3, 0.4) is 0 Å². The zero-order chi connectivity index (χ0) is 66.4. The second-order valence-electron chi connectivity index (χ2n) is 21.0. The summed E-state index contributed by atoms with van der Waals surface area (Å²) in [6.45, 7) is 3.91. The second-order valence-corrected chi connectivity index (χ2v) is 25.6. The number of anilines is 5. The van der Waals surface area contributed by atoms with E-state index in [2.05, 4.69) is 86.3 Å². The topological polar surface area (TPSA) is 353 Å². The molecule has 4 amide bonds. The van der Waals surface area contributed by atoms with E-state index in [0.29, 0.717) is 80.5 Å². The monoisotopic (exact) mass is 1350 g/mol. The highest BCUT2D eigenvalue weighted by molar-refractivity contribution is 7.99. The van der Waals surface area contributed by atoms with E-state index in [1.54, 1.807) is 104 Å². The van der Waals surface area contributed by atoms with Crippen molar-refractivity contribution in [1.29, 1.82) is 0 Å². The summed E-state index contributed by atoms with van der Waals surface area (Å²) >= 11 is 4.66. The van der Waals surface area contributed by atoms with Gasteiger partial charge >= 0.3 is 0 Å². The van der Waals surface area contributed by atoms with Crippen LogP contribution in [-0.4, -0.2) is 104 Å². The lowest BCUT2D eigenvalue weighted by Gasteiger charge is -2.16. The van der Waals surface area contributed by atoms with Crippen molar-refractivity contribution in [2.75, 3.05) is 32.1 Å². The number of H-pyrrole nitrogens is 2. The summed E-state index contributed by atoms with van der Waals surface area (Å²) in [7, 11) is -3.84. The number of aryl methyl sites for hydroxylation is 1. The summed E-state index contributed by atoms with van der Waals surface area (Å²) in [5.41, 5.74) is 10.5. The van der Waals surface area contributed by atoms with Crippen molar-refractivity contribution >= 4 is 120 Å². The number of nitrogens with one attached hydrogen (secondary N) is 6. The first kappa shape index (κ1) is 64.6. The van der Waals surface area contributed by atoms with Crippen molar-refractivity contribution in [3.8, 4) is 11.5 Å². The fraction of sp³-hybridized carbons (Fsp3) is 0.106. The maximum Gasteiger partial charge on any atom is 0.263 e. The molecule has 30 heteroatoms. The van der Waals surface area contributed by atoms with Crippen LogP contribution in [-0.2, 0) is 38.5 Å². The molecule has 1 aliphatic rings. The Morgan fingerprint density at radius 1 is 0.604 bits per heavy atom. The second kappa shape index (κ2) is 30.1. The van der Waals surface area contributed by atoms with Gasteiger partial charge in [-0.3, -0.25) is 39.1 Å². The van der Waals surface area contributed by atoms with Gasteiger partial charge in [-0.2, -0.15) is 10.2 Å². The predicted molar refractivity (Wildman–Crippen MR) is 364 cm³/mol. The molecule has 0 radical (unpaired) electrons. The molecule has 0 saturated heterocycles. The van der Waals surface area contributed by atoms with Gasteiger partial charge in [0.05, 0.1) is 34.3 Å². The van der Waals surface area contributed by atoms with Crippen LogP contribution in [0, 0.1) is 6.92 Å². The Morgan fingerprint density at radius 2 is 1.18 bits per heavy atom. The Morgan fingerprint density at radius 3 is 1.73 bits per heavy atom.